The number of rotatable bonds is 13. The molecular formula is C37H59N11O3. The molecule has 1 aliphatic heterocycles. The number of carbonyl (C=O) groups excluding carboxylic acids is 1. The molecule has 2 aromatic carbocycles. The Bertz CT molecular complexity index is 1600. The summed E-state index contributed by atoms with van der Waals surface area (Å²) in [4.78, 5) is 38.1. The lowest BCUT2D eigenvalue weighted by atomic mass is 9.95. The molecule has 14 heteroatoms. The first-order valence-electron chi connectivity index (χ1n) is 17.6. The van der Waals surface area contributed by atoms with Gasteiger partial charge in [0.2, 0.25) is 0 Å². The van der Waals surface area contributed by atoms with Gasteiger partial charge in [0, 0.05) is 68.2 Å². The number of amides is 2. The number of guanidine groups is 1. The minimum absolute atomic E-state index is 0.115. The summed E-state index contributed by atoms with van der Waals surface area (Å²) < 4.78 is 5.88. The SMILES string of the molecule is CC(C)(C)NC(=O)Nc1ccc(N2CCNCC2)cc1OCCCN.CC(C)(C)c1ncc(-c2ccc(CNCCCN=C(N)N)cc2)c(=O)[nH]1. The number of aliphatic imine (C=N–C) groups is 1. The summed E-state index contributed by atoms with van der Waals surface area (Å²) in [5.74, 6) is 1.49. The summed E-state index contributed by atoms with van der Waals surface area (Å²) >= 11 is 0. The number of piperazine rings is 1. The molecule has 0 unspecified atom stereocenters. The second-order valence-corrected chi connectivity index (χ2v) is 14.5. The Balaban J connectivity index is 0.000000276. The second kappa shape index (κ2) is 19.7. The summed E-state index contributed by atoms with van der Waals surface area (Å²) in [6.07, 6.45) is 3.29. The van der Waals surface area contributed by atoms with Crippen LogP contribution in [0, 0.1) is 0 Å². The number of aromatic nitrogens is 2. The lowest BCUT2D eigenvalue weighted by Gasteiger charge is -2.30. The topological polar surface area (TPSA) is 214 Å². The van der Waals surface area contributed by atoms with Crippen LogP contribution >= 0.6 is 0 Å². The van der Waals surface area contributed by atoms with Gasteiger partial charge in [-0.1, -0.05) is 45.0 Å². The smallest absolute Gasteiger partial charge is 0.319 e. The minimum Gasteiger partial charge on any atom is -0.491 e. The lowest BCUT2D eigenvalue weighted by molar-refractivity contribution is 0.243. The number of carbonyl (C=O) groups is 1. The first-order valence-corrected chi connectivity index (χ1v) is 17.6. The van der Waals surface area contributed by atoms with Crippen molar-refractivity contribution >= 4 is 23.4 Å². The first-order chi connectivity index (χ1) is 24.2. The molecule has 1 aliphatic rings. The van der Waals surface area contributed by atoms with Gasteiger partial charge in [-0.2, -0.15) is 0 Å². The van der Waals surface area contributed by atoms with Gasteiger partial charge in [0.1, 0.15) is 11.6 Å². The van der Waals surface area contributed by atoms with Crippen molar-refractivity contribution in [1.82, 2.24) is 25.9 Å². The molecule has 1 fully saturated rings. The van der Waals surface area contributed by atoms with Crippen LogP contribution in [0.1, 0.15) is 65.8 Å². The summed E-state index contributed by atoms with van der Waals surface area (Å²) in [5.41, 5.74) is 19.9. The van der Waals surface area contributed by atoms with Crippen LogP contribution in [0.2, 0.25) is 0 Å². The van der Waals surface area contributed by atoms with Crippen LogP contribution in [0.4, 0.5) is 16.2 Å². The zero-order valence-corrected chi connectivity index (χ0v) is 31.2. The lowest BCUT2D eigenvalue weighted by Crippen LogP contribution is -2.43. The third-order valence-electron chi connectivity index (χ3n) is 7.70. The van der Waals surface area contributed by atoms with E-state index in [0.29, 0.717) is 42.5 Å². The number of aromatic amines is 1. The molecule has 4 rings (SSSR count). The number of urea groups is 1. The van der Waals surface area contributed by atoms with Crippen LogP contribution in [0.15, 0.2) is 58.4 Å². The third kappa shape index (κ3) is 14.6. The molecular weight excluding hydrogens is 646 g/mol. The van der Waals surface area contributed by atoms with E-state index >= 15 is 0 Å². The monoisotopic (exact) mass is 705 g/mol. The van der Waals surface area contributed by atoms with Crippen LogP contribution in [0.3, 0.4) is 0 Å². The largest absolute Gasteiger partial charge is 0.491 e. The van der Waals surface area contributed by atoms with Crippen LogP contribution in [-0.2, 0) is 12.0 Å². The van der Waals surface area contributed by atoms with E-state index in [1.165, 1.54) is 0 Å². The molecule has 2 amide bonds. The second-order valence-electron chi connectivity index (χ2n) is 14.5. The van der Waals surface area contributed by atoms with Crippen molar-refractivity contribution in [1.29, 1.82) is 0 Å². The fourth-order valence-electron chi connectivity index (χ4n) is 5.04. The van der Waals surface area contributed by atoms with Crippen molar-refractivity contribution in [3.05, 3.63) is 70.4 Å². The molecule has 0 bridgehead atoms. The Labute approximate surface area is 302 Å². The van der Waals surface area contributed by atoms with Gasteiger partial charge in [-0.15, -0.1) is 0 Å². The Morgan fingerprint density at radius 2 is 1.73 bits per heavy atom. The van der Waals surface area contributed by atoms with Crippen LogP contribution in [-0.4, -0.2) is 79.9 Å². The number of hydrogen-bond acceptors (Lipinski definition) is 9. The first kappa shape index (κ1) is 40.8. The molecule has 2 heterocycles. The maximum absolute atomic E-state index is 12.4. The van der Waals surface area contributed by atoms with E-state index in [-0.39, 0.29) is 28.5 Å². The van der Waals surface area contributed by atoms with Gasteiger partial charge in [0.15, 0.2) is 5.96 Å². The number of nitrogens with one attached hydrogen (secondary N) is 5. The third-order valence-corrected chi connectivity index (χ3v) is 7.70. The van der Waals surface area contributed by atoms with Crippen molar-refractivity contribution < 1.29 is 9.53 Å². The highest BCUT2D eigenvalue weighted by molar-refractivity contribution is 5.91. The Kier molecular flexibility index (Phi) is 15.7. The zero-order valence-electron chi connectivity index (χ0n) is 31.2. The number of ether oxygens (including phenoxy) is 1. The van der Waals surface area contributed by atoms with Crippen LogP contribution < -0.4 is 53.7 Å². The molecule has 0 aliphatic carbocycles. The van der Waals surface area contributed by atoms with Gasteiger partial charge in [0.25, 0.3) is 5.56 Å². The number of benzene rings is 2. The quantitative estimate of drug-likeness (QED) is 0.0739. The fraction of sp³-hybridized carbons (Fsp3) is 0.514. The van der Waals surface area contributed by atoms with Gasteiger partial charge in [-0.3, -0.25) is 9.79 Å². The highest BCUT2D eigenvalue weighted by atomic mass is 16.5. The highest BCUT2D eigenvalue weighted by Gasteiger charge is 2.19. The molecule has 0 saturated carbocycles. The van der Waals surface area contributed by atoms with Crippen LogP contribution in [0.5, 0.6) is 5.75 Å². The van der Waals surface area contributed by atoms with Crippen molar-refractivity contribution in [2.45, 2.75) is 71.9 Å². The van der Waals surface area contributed by atoms with E-state index in [2.05, 4.69) is 41.1 Å². The van der Waals surface area contributed by atoms with Gasteiger partial charge in [0.05, 0.1) is 17.9 Å². The van der Waals surface area contributed by atoms with E-state index in [9.17, 15) is 9.59 Å². The summed E-state index contributed by atoms with van der Waals surface area (Å²) in [7, 11) is 0. The molecule has 3 aromatic rings. The molecule has 11 N–H and O–H groups in total. The van der Waals surface area contributed by atoms with E-state index in [1.807, 2.05) is 84.0 Å². The van der Waals surface area contributed by atoms with E-state index in [4.69, 9.17) is 21.9 Å². The van der Waals surface area contributed by atoms with Crippen molar-refractivity contribution in [3.63, 3.8) is 0 Å². The maximum Gasteiger partial charge on any atom is 0.319 e. The number of nitrogens with two attached hydrogens (primary N) is 3. The van der Waals surface area contributed by atoms with Crippen LogP contribution in [0.25, 0.3) is 11.1 Å². The number of hydrogen-bond donors (Lipinski definition) is 8. The van der Waals surface area contributed by atoms with E-state index in [0.717, 1.165) is 68.9 Å². The fourth-order valence-corrected chi connectivity index (χ4v) is 5.04. The van der Waals surface area contributed by atoms with Gasteiger partial charge >= 0.3 is 6.03 Å². The molecule has 0 radical (unpaired) electrons. The Morgan fingerprint density at radius 3 is 2.33 bits per heavy atom. The number of H-pyrrole nitrogens is 1. The van der Waals surface area contributed by atoms with Crippen molar-refractivity contribution in [2.75, 3.05) is 62.6 Å². The molecule has 51 heavy (non-hydrogen) atoms. The minimum atomic E-state index is -0.300. The average molecular weight is 706 g/mol. The number of anilines is 2. The van der Waals surface area contributed by atoms with E-state index < -0.39 is 0 Å². The molecule has 14 nitrogen and oxygen atoms in total. The molecule has 1 saturated heterocycles. The normalized spacial score (nSPS) is 13.1. The molecule has 0 spiro atoms. The Morgan fingerprint density at radius 1 is 1.02 bits per heavy atom. The van der Waals surface area contributed by atoms with Crippen molar-refractivity contribution in [3.8, 4) is 16.9 Å². The predicted molar refractivity (Wildman–Crippen MR) is 209 cm³/mol. The zero-order chi connectivity index (χ0) is 37.4. The average Bonchev–Trinajstić information content (AvgIpc) is 3.07. The van der Waals surface area contributed by atoms with Gasteiger partial charge < -0.3 is 53.1 Å². The summed E-state index contributed by atoms with van der Waals surface area (Å²) in [5, 5.41) is 12.5. The molecule has 280 valence electrons. The molecule has 0 atom stereocenters. The highest BCUT2D eigenvalue weighted by Crippen LogP contribution is 2.31. The Hall–Kier alpha value is -4.66. The summed E-state index contributed by atoms with van der Waals surface area (Å²) in [6.45, 7) is 19.0. The van der Waals surface area contributed by atoms with Crippen molar-refractivity contribution in [2.24, 2.45) is 22.2 Å². The number of nitrogens with zero attached hydrogens (tertiary/aromatic N) is 3. The van der Waals surface area contributed by atoms with E-state index in [1.54, 1.807) is 6.20 Å². The summed E-state index contributed by atoms with van der Waals surface area (Å²) in [6, 6.07) is 13.6. The maximum atomic E-state index is 12.4. The van der Waals surface area contributed by atoms with Gasteiger partial charge in [-0.05, 0) is 70.0 Å². The predicted octanol–water partition coefficient (Wildman–Crippen LogP) is 3.23. The molecule has 1 aromatic heterocycles. The standard InChI is InChI=1S/C19H28N6O.C18H31N5O2/c1-19(2,3)17-24-12-15(16(26)25-17)14-7-5-13(6-8-14)11-22-9-4-10-23-18(20)21;1-18(2,3)22-17(24)21-15-6-5-14(23-10-8-20-9-11-23)13-16(15)25-12-4-7-19/h5-8,12,22H,4,9-11H2,1-3H3,(H4,20,21,23)(H,24,25,26);5-6,13,20H,4,7-12,19H2,1-3H3,(H2,21,22,24). The van der Waals surface area contributed by atoms with Gasteiger partial charge in [-0.25, -0.2) is 9.78 Å².